The summed E-state index contributed by atoms with van der Waals surface area (Å²) in [5.41, 5.74) is -0.211. The fourth-order valence-electron chi connectivity index (χ4n) is 4.08. The van der Waals surface area contributed by atoms with Gasteiger partial charge in [-0.05, 0) is 54.0 Å². The number of ether oxygens (including phenoxy) is 2. The summed E-state index contributed by atoms with van der Waals surface area (Å²) >= 11 is 0. The van der Waals surface area contributed by atoms with Crippen molar-refractivity contribution in [2.45, 2.75) is 109 Å². The van der Waals surface area contributed by atoms with Gasteiger partial charge in [0.25, 0.3) is 5.56 Å². The van der Waals surface area contributed by atoms with E-state index in [9.17, 15) is 14.4 Å². The molecule has 2 heterocycles. The minimum Gasteiger partial charge on any atom is -0.497 e. The Morgan fingerprint density at radius 2 is 1.40 bits per heavy atom. The quantitative estimate of drug-likeness (QED) is 0.301. The van der Waals surface area contributed by atoms with E-state index in [2.05, 4.69) is 67.7 Å². The first-order chi connectivity index (χ1) is 18.3. The second kappa shape index (κ2) is 11.5. The van der Waals surface area contributed by atoms with Crippen molar-refractivity contribution in [1.82, 2.24) is 9.13 Å². The van der Waals surface area contributed by atoms with Gasteiger partial charge in [-0.25, -0.2) is 4.79 Å². The zero-order valence-corrected chi connectivity index (χ0v) is 27.8. The molecule has 1 aromatic carbocycles. The predicted octanol–water partition coefficient (Wildman–Crippen LogP) is 4.94. The largest absolute Gasteiger partial charge is 0.497 e. The fraction of sp³-hybridized carbons (Fsp3) is 0.621. The summed E-state index contributed by atoms with van der Waals surface area (Å²) in [7, 11) is -3.21. The average Bonchev–Trinajstić information content (AvgIpc) is 3.16. The molecule has 1 aliphatic heterocycles. The van der Waals surface area contributed by atoms with E-state index >= 15 is 0 Å². The first kappa shape index (κ1) is 32.2. The lowest BCUT2D eigenvalue weighted by Crippen LogP contribution is -2.54. The number of hydrogen-bond donors (Lipinski definition) is 0. The van der Waals surface area contributed by atoms with Crippen molar-refractivity contribution in [3.63, 3.8) is 0 Å². The predicted molar refractivity (Wildman–Crippen MR) is 161 cm³/mol. The lowest BCUT2D eigenvalue weighted by molar-refractivity contribution is -0.122. The molecule has 0 bridgehead atoms. The van der Waals surface area contributed by atoms with E-state index in [1.807, 2.05) is 12.1 Å². The molecule has 0 aliphatic carbocycles. The Morgan fingerprint density at radius 1 is 0.875 bits per heavy atom. The average molecular weight is 591 g/mol. The number of aldehydes is 1. The van der Waals surface area contributed by atoms with Crippen LogP contribution >= 0.6 is 0 Å². The van der Waals surface area contributed by atoms with Crippen molar-refractivity contribution >= 4 is 22.9 Å². The van der Waals surface area contributed by atoms with Crippen molar-refractivity contribution in [2.24, 2.45) is 0 Å². The Hall–Kier alpha value is -2.32. The molecule has 0 radical (unpaired) electrons. The molecule has 2 aromatic rings. The number of aromatic nitrogens is 2. The smallest absolute Gasteiger partial charge is 0.333 e. The number of methoxy groups -OCH3 is 1. The highest BCUT2D eigenvalue weighted by Gasteiger charge is 2.54. The monoisotopic (exact) mass is 590 g/mol. The molecule has 3 rings (SSSR count). The van der Waals surface area contributed by atoms with Gasteiger partial charge in [-0.1, -0.05) is 53.7 Å². The van der Waals surface area contributed by atoms with Crippen LogP contribution in [0, 0.1) is 0 Å². The summed E-state index contributed by atoms with van der Waals surface area (Å²) in [5.74, 6) is 0.680. The molecular weight excluding hydrogens is 544 g/mol. The Bertz CT molecular complexity index is 1300. The third-order valence-corrected chi connectivity index (χ3v) is 17.7. The van der Waals surface area contributed by atoms with E-state index < -0.39 is 52.4 Å². The van der Waals surface area contributed by atoms with Crippen LogP contribution in [0.5, 0.6) is 5.75 Å². The van der Waals surface area contributed by atoms with Gasteiger partial charge in [0, 0.05) is 12.3 Å². The molecule has 0 saturated carbocycles. The van der Waals surface area contributed by atoms with Gasteiger partial charge in [0.15, 0.2) is 29.1 Å². The van der Waals surface area contributed by atoms with Crippen LogP contribution in [0.1, 0.15) is 53.3 Å². The first-order valence-electron chi connectivity index (χ1n) is 13.7. The summed E-state index contributed by atoms with van der Waals surface area (Å²) in [6.07, 6.45) is -1.14. The molecule has 40 heavy (non-hydrogen) atoms. The molecule has 4 atom stereocenters. The zero-order valence-electron chi connectivity index (χ0n) is 25.8. The van der Waals surface area contributed by atoms with Gasteiger partial charge in [0.05, 0.1) is 13.7 Å². The number of hydrogen-bond acceptors (Lipinski definition) is 7. The first-order valence-corrected chi connectivity index (χ1v) is 19.6. The van der Waals surface area contributed by atoms with E-state index in [4.69, 9.17) is 18.3 Å². The maximum Gasteiger partial charge on any atom is 0.333 e. The molecular formula is C29H46N2O7Si2. The Labute approximate surface area is 239 Å². The maximum absolute atomic E-state index is 13.8. The van der Waals surface area contributed by atoms with Gasteiger partial charge in [0.1, 0.15) is 24.1 Å². The van der Waals surface area contributed by atoms with E-state index in [-0.39, 0.29) is 16.6 Å². The molecule has 1 aromatic heterocycles. The minimum atomic E-state index is -2.42. The second-order valence-corrected chi connectivity index (χ2v) is 23.1. The summed E-state index contributed by atoms with van der Waals surface area (Å²) in [6.45, 7) is 21.3. The van der Waals surface area contributed by atoms with Crippen molar-refractivity contribution in [1.29, 1.82) is 0 Å². The molecule has 1 fully saturated rings. The number of benzene rings is 1. The lowest BCUT2D eigenvalue weighted by atomic mass is 10.1. The summed E-state index contributed by atoms with van der Waals surface area (Å²) in [4.78, 5) is 39.0. The molecule has 0 N–H and O–H groups in total. The van der Waals surface area contributed by atoms with Gasteiger partial charge in [-0.2, -0.15) is 0 Å². The minimum absolute atomic E-state index is 0.0734. The lowest BCUT2D eigenvalue weighted by Gasteiger charge is -2.43. The number of rotatable bonds is 9. The SMILES string of the molecule is COc1ccc(Cn2c(=O)ccn(C3OC(C=O)C(O[Si](C)(C)C(C)(C)C)C3O[Si](C)(C)C(C)(C)C)c2=O)cc1. The molecule has 9 nitrogen and oxygen atoms in total. The van der Waals surface area contributed by atoms with Crippen molar-refractivity contribution < 1.29 is 23.1 Å². The zero-order chi connectivity index (χ0) is 30.3. The molecule has 1 aliphatic rings. The Kier molecular flexibility index (Phi) is 9.27. The van der Waals surface area contributed by atoms with Crippen LogP contribution in [0.3, 0.4) is 0 Å². The highest BCUT2D eigenvalue weighted by atomic mass is 28.4. The van der Waals surface area contributed by atoms with E-state index in [0.29, 0.717) is 5.75 Å². The third-order valence-electron chi connectivity index (χ3n) is 8.70. The summed E-state index contributed by atoms with van der Waals surface area (Å²) < 4.78 is 27.7. The molecule has 222 valence electrons. The van der Waals surface area contributed by atoms with E-state index in [0.717, 1.165) is 16.4 Å². The second-order valence-electron chi connectivity index (χ2n) is 13.6. The summed E-state index contributed by atoms with van der Waals surface area (Å²) in [6, 6.07) is 8.52. The van der Waals surface area contributed by atoms with Gasteiger partial charge in [-0.15, -0.1) is 0 Å². The Balaban J connectivity index is 2.11. The maximum atomic E-state index is 13.8. The van der Waals surface area contributed by atoms with Gasteiger partial charge < -0.3 is 23.1 Å². The standard InChI is InChI=1S/C29H46N2O7Si2/c1-28(2,3)39(8,9)37-24-22(19-32)36-26(25(24)38-40(10,11)29(4,5)6)30-17-16-23(33)31(27(30)34)18-20-12-14-21(35-7)15-13-20/h12-17,19,22,24-26H,18H2,1-11H3. The summed E-state index contributed by atoms with van der Waals surface area (Å²) in [5, 5.41) is -0.265. The van der Waals surface area contributed by atoms with Gasteiger partial charge in [0.2, 0.25) is 0 Å². The fourth-order valence-corrected chi connectivity index (χ4v) is 6.66. The van der Waals surface area contributed by atoms with Crippen molar-refractivity contribution in [2.75, 3.05) is 7.11 Å². The molecule has 11 heteroatoms. The van der Waals surface area contributed by atoms with Gasteiger partial charge >= 0.3 is 5.69 Å². The van der Waals surface area contributed by atoms with E-state index in [1.165, 1.54) is 16.8 Å². The molecule has 0 spiro atoms. The van der Waals surface area contributed by atoms with Crippen LogP contribution in [0.4, 0.5) is 0 Å². The van der Waals surface area contributed by atoms with Crippen molar-refractivity contribution in [3.8, 4) is 5.75 Å². The Morgan fingerprint density at radius 3 is 1.88 bits per heavy atom. The van der Waals surface area contributed by atoms with Crippen LogP contribution in [0.2, 0.25) is 36.3 Å². The third kappa shape index (κ3) is 6.59. The normalized spacial score (nSPS) is 22.4. The molecule has 4 unspecified atom stereocenters. The van der Waals surface area contributed by atoms with Crippen LogP contribution in [-0.2, 0) is 24.9 Å². The van der Waals surface area contributed by atoms with Crippen LogP contribution in [-0.4, -0.2) is 57.5 Å². The number of carbonyl (C=O) groups is 1. The van der Waals surface area contributed by atoms with Gasteiger partial charge in [-0.3, -0.25) is 13.9 Å². The highest BCUT2D eigenvalue weighted by molar-refractivity contribution is 6.74. The topological polar surface area (TPSA) is 98.0 Å². The molecule has 1 saturated heterocycles. The number of carbonyl (C=O) groups excluding carboxylic acids is 1. The van der Waals surface area contributed by atoms with Crippen LogP contribution in [0.25, 0.3) is 0 Å². The molecule has 0 amide bonds. The van der Waals surface area contributed by atoms with Crippen LogP contribution < -0.4 is 16.0 Å². The van der Waals surface area contributed by atoms with Crippen LogP contribution in [0.15, 0.2) is 46.1 Å². The number of nitrogens with zero attached hydrogens (tertiary/aromatic N) is 2. The van der Waals surface area contributed by atoms with E-state index in [1.54, 1.807) is 19.2 Å². The van der Waals surface area contributed by atoms with Crippen molar-refractivity contribution in [3.05, 3.63) is 62.9 Å². The highest BCUT2D eigenvalue weighted by Crippen LogP contribution is 2.45.